The third-order valence-corrected chi connectivity index (χ3v) is 2.98. The van der Waals surface area contributed by atoms with Crippen molar-refractivity contribution in [1.29, 1.82) is 0 Å². The van der Waals surface area contributed by atoms with E-state index in [-0.39, 0.29) is 5.16 Å². The van der Waals surface area contributed by atoms with Crippen molar-refractivity contribution in [2.75, 3.05) is 6.26 Å². The van der Waals surface area contributed by atoms with Crippen LogP contribution in [-0.4, -0.2) is 24.6 Å². The molecule has 0 N–H and O–H groups in total. The average Bonchev–Trinajstić information content (AvgIpc) is 2.03. The van der Waals surface area contributed by atoms with E-state index in [0.29, 0.717) is 12.1 Å². The van der Waals surface area contributed by atoms with E-state index in [1.807, 2.05) is 6.92 Å². The topological polar surface area (TPSA) is 59.9 Å². The lowest BCUT2D eigenvalue weighted by molar-refractivity contribution is 0.591. The van der Waals surface area contributed by atoms with Crippen molar-refractivity contribution in [3.05, 3.63) is 16.4 Å². The van der Waals surface area contributed by atoms with Crippen LogP contribution in [0.2, 0.25) is 0 Å². The zero-order valence-electron chi connectivity index (χ0n) is 7.28. The van der Waals surface area contributed by atoms with Gasteiger partial charge in [-0.1, -0.05) is 6.92 Å². The lowest BCUT2D eigenvalue weighted by Crippen LogP contribution is -2.06. The minimum Gasteiger partial charge on any atom is -0.226 e. The van der Waals surface area contributed by atoms with Crippen LogP contribution in [-0.2, 0) is 16.3 Å². The van der Waals surface area contributed by atoms with Crippen molar-refractivity contribution < 1.29 is 8.42 Å². The zero-order chi connectivity index (χ0) is 10.1. The predicted octanol–water partition coefficient (Wildman–Crippen LogP) is 1.21. The molecule has 1 aromatic heterocycles. The van der Waals surface area contributed by atoms with Crippen molar-refractivity contribution >= 4 is 25.8 Å². The molecular formula is C7H9BrN2O2S. The molecule has 0 aliphatic rings. The van der Waals surface area contributed by atoms with E-state index in [9.17, 15) is 8.42 Å². The minimum atomic E-state index is -3.30. The van der Waals surface area contributed by atoms with E-state index in [0.717, 1.165) is 10.7 Å². The molecule has 0 amide bonds. The van der Waals surface area contributed by atoms with Crippen LogP contribution < -0.4 is 0 Å². The van der Waals surface area contributed by atoms with E-state index in [2.05, 4.69) is 25.9 Å². The Balaban J connectivity index is 3.30. The van der Waals surface area contributed by atoms with Crippen LogP contribution in [0.3, 0.4) is 0 Å². The number of aryl methyl sites for hydroxylation is 1. The first-order chi connectivity index (χ1) is 5.95. The standard InChI is InChI=1S/C7H9BrN2O2S/c1-3-6-5(8)4-9-7(10-6)13(2,11)12/h4H,3H2,1-2H3. The molecule has 4 nitrogen and oxygen atoms in total. The van der Waals surface area contributed by atoms with E-state index in [1.165, 1.54) is 6.20 Å². The summed E-state index contributed by atoms with van der Waals surface area (Å²) in [7, 11) is -3.30. The molecule has 72 valence electrons. The normalized spacial score (nSPS) is 11.6. The first-order valence-electron chi connectivity index (χ1n) is 3.66. The van der Waals surface area contributed by atoms with E-state index in [1.54, 1.807) is 0 Å². The van der Waals surface area contributed by atoms with Gasteiger partial charge < -0.3 is 0 Å². The molecule has 1 aromatic rings. The van der Waals surface area contributed by atoms with E-state index >= 15 is 0 Å². The molecule has 0 aliphatic carbocycles. The maximum absolute atomic E-state index is 11.1. The van der Waals surface area contributed by atoms with E-state index in [4.69, 9.17) is 0 Å². The molecule has 0 saturated heterocycles. The molecule has 0 unspecified atom stereocenters. The Labute approximate surface area is 85.5 Å². The number of sulfone groups is 1. The third-order valence-electron chi connectivity index (χ3n) is 1.46. The second-order valence-electron chi connectivity index (χ2n) is 2.57. The van der Waals surface area contributed by atoms with Crippen LogP contribution >= 0.6 is 15.9 Å². The van der Waals surface area contributed by atoms with Crippen LogP contribution in [0.1, 0.15) is 12.6 Å². The fourth-order valence-electron chi connectivity index (χ4n) is 0.811. The highest BCUT2D eigenvalue weighted by Crippen LogP contribution is 2.15. The van der Waals surface area contributed by atoms with Gasteiger partial charge in [0, 0.05) is 12.5 Å². The molecule has 0 aliphatic heterocycles. The number of nitrogens with zero attached hydrogens (tertiary/aromatic N) is 2. The second-order valence-corrected chi connectivity index (χ2v) is 5.34. The Morgan fingerprint density at radius 3 is 2.62 bits per heavy atom. The van der Waals surface area contributed by atoms with E-state index < -0.39 is 9.84 Å². The van der Waals surface area contributed by atoms with Gasteiger partial charge in [0.25, 0.3) is 0 Å². The van der Waals surface area contributed by atoms with Crippen LogP contribution in [0.4, 0.5) is 0 Å². The summed E-state index contributed by atoms with van der Waals surface area (Å²) in [6.07, 6.45) is 3.23. The molecule has 0 atom stereocenters. The number of hydrogen-bond acceptors (Lipinski definition) is 4. The van der Waals surface area contributed by atoms with Gasteiger partial charge in [0.15, 0.2) is 0 Å². The van der Waals surface area contributed by atoms with Crippen molar-refractivity contribution in [3.63, 3.8) is 0 Å². The van der Waals surface area contributed by atoms with Gasteiger partial charge in [-0.2, -0.15) is 0 Å². The summed E-state index contributed by atoms with van der Waals surface area (Å²) >= 11 is 3.24. The van der Waals surface area contributed by atoms with Gasteiger partial charge in [0.1, 0.15) is 0 Å². The van der Waals surface area contributed by atoms with Gasteiger partial charge in [-0.15, -0.1) is 0 Å². The largest absolute Gasteiger partial charge is 0.247 e. The van der Waals surface area contributed by atoms with Crippen LogP contribution in [0.15, 0.2) is 15.8 Å². The monoisotopic (exact) mass is 264 g/mol. The third kappa shape index (κ3) is 2.47. The lowest BCUT2D eigenvalue weighted by atomic mass is 10.3. The highest BCUT2D eigenvalue weighted by Gasteiger charge is 2.12. The van der Waals surface area contributed by atoms with Crippen molar-refractivity contribution in [2.24, 2.45) is 0 Å². The molecule has 0 bridgehead atoms. The van der Waals surface area contributed by atoms with Crippen molar-refractivity contribution in [1.82, 2.24) is 9.97 Å². The summed E-state index contributed by atoms with van der Waals surface area (Å²) in [6.45, 7) is 1.90. The molecule has 0 spiro atoms. The number of halogens is 1. The molecule has 6 heteroatoms. The van der Waals surface area contributed by atoms with Crippen molar-refractivity contribution in [2.45, 2.75) is 18.5 Å². The minimum absolute atomic E-state index is 0.118. The summed E-state index contributed by atoms with van der Waals surface area (Å²) < 4.78 is 22.9. The number of rotatable bonds is 2. The summed E-state index contributed by atoms with van der Waals surface area (Å²) in [5.41, 5.74) is 0.704. The molecular weight excluding hydrogens is 256 g/mol. The number of hydrogen-bond donors (Lipinski definition) is 0. The first-order valence-corrected chi connectivity index (χ1v) is 6.35. The van der Waals surface area contributed by atoms with Gasteiger partial charge in [-0.25, -0.2) is 18.4 Å². The fourth-order valence-corrected chi connectivity index (χ4v) is 1.80. The summed E-state index contributed by atoms with van der Waals surface area (Å²) in [4.78, 5) is 7.63. The van der Waals surface area contributed by atoms with Crippen LogP contribution in [0.25, 0.3) is 0 Å². The van der Waals surface area contributed by atoms with Gasteiger partial charge in [-0.05, 0) is 22.4 Å². The lowest BCUT2D eigenvalue weighted by Gasteiger charge is -2.01. The van der Waals surface area contributed by atoms with Gasteiger partial charge in [0.05, 0.1) is 10.2 Å². The maximum atomic E-state index is 11.1. The highest BCUT2D eigenvalue weighted by molar-refractivity contribution is 9.10. The Morgan fingerprint density at radius 1 is 1.54 bits per heavy atom. The molecule has 0 aromatic carbocycles. The molecule has 0 radical (unpaired) electrons. The number of aromatic nitrogens is 2. The molecule has 1 heterocycles. The SMILES string of the molecule is CCc1nc(S(C)(=O)=O)ncc1Br. The Kier molecular flexibility index (Phi) is 3.02. The Morgan fingerprint density at radius 2 is 2.15 bits per heavy atom. The molecule has 0 saturated carbocycles. The average molecular weight is 265 g/mol. The van der Waals surface area contributed by atoms with Crippen molar-refractivity contribution in [3.8, 4) is 0 Å². The molecule has 1 rings (SSSR count). The zero-order valence-corrected chi connectivity index (χ0v) is 9.68. The summed E-state index contributed by atoms with van der Waals surface area (Å²) in [5.74, 6) is 0. The summed E-state index contributed by atoms with van der Waals surface area (Å²) in [5, 5.41) is -0.118. The summed E-state index contributed by atoms with van der Waals surface area (Å²) in [6, 6.07) is 0. The Hall–Kier alpha value is -0.490. The van der Waals surface area contributed by atoms with Crippen LogP contribution in [0.5, 0.6) is 0 Å². The Bertz CT molecular complexity index is 417. The predicted molar refractivity (Wildman–Crippen MR) is 52.2 cm³/mol. The molecule has 0 fully saturated rings. The van der Waals surface area contributed by atoms with Gasteiger partial charge >= 0.3 is 0 Å². The maximum Gasteiger partial charge on any atom is 0.247 e. The first kappa shape index (κ1) is 10.6. The second kappa shape index (κ2) is 3.71. The fraction of sp³-hybridized carbons (Fsp3) is 0.429. The smallest absolute Gasteiger partial charge is 0.226 e. The van der Waals surface area contributed by atoms with Crippen LogP contribution in [0, 0.1) is 0 Å². The highest BCUT2D eigenvalue weighted by atomic mass is 79.9. The van der Waals surface area contributed by atoms with Gasteiger partial charge in [0.2, 0.25) is 15.0 Å². The quantitative estimate of drug-likeness (QED) is 0.754. The molecule has 13 heavy (non-hydrogen) atoms. The van der Waals surface area contributed by atoms with Gasteiger partial charge in [-0.3, -0.25) is 0 Å².